The molecule has 1 aliphatic heterocycles. The Morgan fingerprint density at radius 3 is 2.03 bits per heavy atom. The summed E-state index contributed by atoms with van der Waals surface area (Å²) < 4.78 is 47.6. The third-order valence-corrected chi connectivity index (χ3v) is 10.1. The molecular weight excluding hydrogens is 863 g/mol. The molecule has 0 spiro atoms. The number of pyridine rings is 1. The molecule has 3 amide bonds. The lowest BCUT2D eigenvalue weighted by Gasteiger charge is -2.34. The van der Waals surface area contributed by atoms with Gasteiger partial charge in [-0.2, -0.15) is 0 Å². The molecule has 1 aliphatic rings. The van der Waals surface area contributed by atoms with Crippen LogP contribution in [0, 0.1) is 0 Å². The topological polar surface area (TPSA) is 251 Å². The fraction of sp³-hybridized carbons (Fsp3) is 0.512. The van der Waals surface area contributed by atoms with Gasteiger partial charge in [0, 0.05) is 51.4 Å². The minimum absolute atomic E-state index is 0.0567. The van der Waals surface area contributed by atoms with Gasteiger partial charge in [-0.3, -0.25) is 19.2 Å². The van der Waals surface area contributed by atoms with Crippen LogP contribution in [-0.2, 0) is 62.5 Å². The molecular formula is C43H57N11O12. The average molecular weight is 920 g/mol. The van der Waals surface area contributed by atoms with E-state index in [1.807, 2.05) is 12.3 Å². The molecule has 6 rings (SSSR count). The molecule has 1 aromatic carbocycles. The summed E-state index contributed by atoms with van der Waals surface area (Å²) in [7, 11) is 3.05. The van der Waals surface area contributed by atoms with Crippen LogP contribution in [0.15, 0.2) is 55.2 Å². The molecule has 356 valence electrons. The summed E-state index contributed by atoms with van der Waals surface area (Å²) >= 11 is 0. The molecule has 0 aliphatic carbocycles. The van der Waals surface area contributed by atoms with Gasteiger partial charge in [0.05, 0.1) is 128 Å². The van der Waals surface area contributed by atoms with E-state index in [0.717, 1.165) is 0 Å². The van der Waals surface area contributed by atoms with E-state index in [1.165, 1.54) is 35.4 Å². The Labute approximate surface area is 380 Å². The molecule has 0 saturated carbocycles. The molecule has 5 heterocycles. The van der Waals surface area contributed by atoms with Crippen LogP contribution in [0.25, 0.3) is 16.7 Å². The number of hydrogen-bond acceptors (Lipinski definition) is 17. The van der Waals surface area contributed by atoms with Crippen LogP contribution in [0.3, 0.4) is 0 Å². The molecule has 1 fully saturated rings. The van der Waals surface area contributed by atoms with Crippen LogP contribution < -0.4 is 10.1 Å². The highest BCUT2D eigenvalue weighted by atomic mass is 16.6. The number of piperazine rings is 1. The molecule has 0 atom stereocenters. The van der Waals surface area contributed by atoms with Gasteiger partial charge in [0.15, 0.2) is 11.6 Å². The predicted molar refractivity (Wildman–Crippen MR) is 233 cm³/mol. The summed E-state index contributed by atoms with van der Waals surface area (Å²) in [6.07, 6.45) is 6.54. The third kappa shape index (κ3) is 14.7. The first kappa shape index (κ1) is 49.2. The van der Waals surface area contributed by atoms with Crippen molar-refractivity contribution in [3.8, 4) is 11.6 Å². The van der Waals surface area contributed by atoms with E-state index in [2.05, 4.69) is 35.7 Å². The standard InChI is InChI=1S/C43H57N11O12/c1-44-37(55)8-14-60-16-18-63-22-24-65-29-33-28-53(50-48-33)13-15-61-17-19-62-20-21-64-23-25-66-30-36-47-31-54(49-36)41-39-38(35(59-2)27-46-41)34(26-45-39)40(56)43(58)52-11-9-51(10-12-52)42(57)32-6-4-3-5-7-32/h3-7,26-28,31,45H,8-25,29-30H2,1-2H3,(H,44,55). The Hall–Kier alpha value is -6.21. The number of nitrogens with one attached hydrogen (secondary N) is 2. The summed E-state index contributed by atoms with van der Waals surface area (Å²) in [5.41, 5.74) is 1.85. The smallest absolute Gasteiger partial charge is 0.295 e. The van der Waals surface area contributed by atoms with Crippen LogP contribution in [0.1, 0.15) is 38.7 Å². The number of carbonyl (C=O) groups excluding carboxylic acids is 4. The summed E-state index contributed by atoms with van der Waals surface area (Å²) in [6, 6.07) is 8.96. The van der Waals surface area contributed by atoms with Crippen LogP contribution in [0.5, 0.6) is 5.75 Å². The van der Waals surface area contributed by atoms with E-state index in [1.54, 1.807) is 40.9 Å². The Kier molecular flexibility index (Phi) is 19.9. The minimum Gasteiger partial charge on any atom is -0.494 e. The van der Waals surface area contributed by atoms with Crippen molar-refractivity contribution in [1.82, 2.24) is 54.8 Å². The van der Waals surface area contributed by atoms with Gasteiger partial charge in [-0.05, 0) is 12.1 Å². The quantitative estimate of drug-likeness (QED) is 0.0368. The number of ketones is 1. The highest BCUT2D eigenvalue weighted by Crippen LogP contribution is 2.32. The van der Waals surface area contributed by atoms with E-state index < -0.39 is 11.7 Å². The second-order valence-electron chi connectivity index (χ2n) is 14.6. The van der Waals surface area contributed by atoms with Crippen molar-refractivity contribution < 1.29 is 57.1 Å². The number of amides is 3. The zero-order chi connectivity index (χ0) is 46.4. The van der Waals surface area contributed by atoms with Gasteiger partial charge in [-0.1, -0.05) is 23.4 Å². The number of rotatable bonds is 30. The van der Waals surface area contributed by atoms with Crippen molar-refractivity contribution in [3.63, 3.8) is 0 Å². The Morgan fingerprint density at radius 2 is 1.36 bits per heavy atom. The Bertz CT molecular complexity index is 2280. The number of aromatic amines is 1. The molecule has 0 radical (unpaired) electrons. The summed E-state index contributed by atoms with van der Waals surface area (Å²) in [6.45, 7) is 6.83. The molecule has 1 saturated heterocycles. The number of hydrogen-bond donors (Lipinski definition) is 2. The molecule has 4 aromatic heterocycles. The molecule has 2 N–H and O–H groups in total. The van der Waals surface area contributed by atoms with Crippen molar-refractivity contribution in [3.05, 3.63) is 77.9 Å². The molecule has 5 aromatic rings. The second-order valence-corrected chi connectivity index (χ2v) is 14.6. The molecule has 66 heavy (non-hydrogen) atoms. The maximum absolute atomic E-state index is 13.6. The first-order valence-corrected chi connectivity index (χ1v) is 21.6. The number of H-pyrrole nitrogens is 1. The van der Waals surface area contributed by atoms with E-state index >= 15 is 0 Å². The van der Waals surface area contributed by atoms with Crippen LogP contribution in [-0.4, -0.2) is 193 Å². The first-order valence-electron chi connectivity index (χ1n) is 21.6. The monoisotopic (exact) mass is 919 g/mol. The van der Waals surface area contributed by atoms with Crippen LogP contribution in [0.2, 0.25) is 0 Å². The molecule has 23 heteroatoms. The minimum atomic E-state index is -0.708. The van der Waals surface area contributed by atoms with E-state index in [9.17, 15) is 19.2 Å². The van der Waals surface area contributed by atoms with Crippen LogP contribution in [0.4, 0.5) is 0 Å². The number of Topliss-reactive ketones (excluding diaryl/α,β-unsaturated/α-hetero) is 1. The number of carbonyl (C=O) groups is 4. The fourth-order valence-electron chi connectivity index (χ4n) is 6.61. The lowest BCUT2D eigenvalue weighted by atomic mass is 10.1. The van der Waals surface area contributed by atoms with Gasteiger partial charge < -0.3 is 58.0 Å². The van der Waals surface area contributed by atoms with E-state index in [-0.39, 0.29) is 37.1 Å². The predicted octanol–water partition coefficient (Wildman–Crippen LogP) is 0.864. The van der Waals surface area contributed by atoms with Gasteiger partial charge in [0.1, 0.15) is 24.4 Å². The lowest BCUT2D eigenvalue weighted by molar-refractivity contribution is -0.127. The van der Waals surface area contributed by atoms with Gasteiger partial charge >= 0.3 is 0 Å². The number of nitrogens with zero attached hydrogens (tertiary/aromatic N) is 9. The lowest BCUT2D eigenvalue weighted by Crippen LogP contribution is -2.52. The zero-order valence-electron chi connectivity index (χ0n) is 37.3. The van der Waals surface area contributed by atoms with Gasteiger partial charge in [-0.25, -0.2) is 19.3 Å². The fourth-order valence-corrected chi connectivity index (χ4v) is 6.61. The Balaban J connectivity index is 0.802. The van der Waals surface area contributed by atoms with Gasteiger partial charge in [-0.15, -0.1) is 10.2 Å². The largest absolute Gasteiger partial charge is 0.494 e. The molecule has 0 bridgehead atoms. The SMILES string of the molecule is CNC(=O)CCOCCOCCOCc1cn(CCOCCOCCOCCOCc2ncn(-c3ncc(OC)c4c(C(=O)C(=O)N5CCN(C(=O)c6ccccc6)CC5)c[nH]c34)n2)nn1. The summed E-state index contributed by atoms with van der Waals surface area (Å²) in [5, 5.41) is 15.6. The average Bonchev–Trinajstić information content (AvgIpc) is 4.14. The molecule has 23 nitrogen and oxygen atoms in total. The summed E-state index contributed by atoms with van der Waals surface area (Å²) in [4.78, 5) is 66.1. The number of benzene rings is 1. The maximum atomic E-state index is 13.6. The number of aromatic nitrogens is 8. The Morgan fingerprint density at radius 1 is 0.742 bits per heavy atom. The van der Waals surface area contributed by atoms with E-state index in [4.69, 9.17) is 37.9 Å². The number of ether oxygens (including phenoxy) is 8. The number of methoxy groups -OCH3 is 1. The van der Waals surface area contributed by atoms with Crippen molar-refractivity contribution in [2.45, 2.75) is 26.2 Å². The second kappa shape index (κ2) is 26.7. The summed E-state index contributed by atoms with van der Waals surface area (Å²) in [5.74, 6) is -0.496. The van der Waals surface area contributed by atoms with Crippen molar-refractivity contribution in [2.24, 2.45) is 0 Å². The van der Waals surface area contributed by atoms with Gasteiger partial charge in [0.25, 0.3) is 17.6 Å². The number of fused-ring (bicyclic) bond motifs is 1. The molecule has 0 unspecified atom stereocenters. The van der Waals surface area contributed by atoms with Crippen molar-refractivity contribution in [2.75, 3.05) is 120 Å². The zero-order valence-corrected chi connectivity index (χ0v) is 37.3. The highest BCUT2D eigenvalue weighted by Gasteiger charge is 2.31. The third-order valence-electron chi connectivity index (χ3n) is 10.1. The first-order chi connectivity index (χ1) is 32.4. The van der Waals surface area contributed by atoms with E-state index in [0.29, 0.717) is 151 Å². The normalized spacial score (nSPS) is 12.8. The maximum Gasteiger partial charge on any atom is 0.295 e. The van der Waals surface area contributed by atoms with Gasteiger partial charge in [0.2, 0.25) is 5.91 Å². The highest BCUT2D eigenvalue weighted by molar-refractivity contribution is 6.45. The van der Waals surface area contributed by atoms with Crippen molar-refractivity contribution in [1.29, 1.82) is 0 Å². The van der Waals surface area contributed by atoms with Crippen molar-refractivity contribution >= 4 is 34.4 Å². The van der Waals surface area contributed by atoms with Crippen LogP contribution >= 0.6 is 0 Å².